The number of benzene rings is 2. The van der Waals surface area contributed by atoms with Gasteiger partial charge in [0, 0.05) is 24.3 Å². The summed E-state index contributed by atoms with van der Waals surface area (Å²) < 4.78 is 0. The van der Waals surface area contributed by atoms with E-state index in [1.807, 2.05) is 24.3 Å². The molecule has 0 aliphatic carbocycles. The summed E-state index contributed by atoms with van der Waals surface area (Å²) in [4.78, 5) is 2.33. The van der Waals surface area contributed by atoms with Gasteiger partial charge in [-0.2, -0.15) is 0 Å². The number of amidine groups is 1. The lowest BCUT2D eigenvalue weighted by Gasteiger charge is -2.21. The highest BCUT2D eigenvalue weighted by Gasteiger charge is 2.19. The molecule has 1 aliphatic rings. The number of oxime groups is 1. The van der Waals surface area contributed by atoms with Crippen molar-refractivity contribution in [2.75, 3.05) is 11.4 Å². The molecule has 2 aromatic rings. The predicted octanol–water partition coefficient (Wildman–Crippen LogP) is 2.34. The van der Waals surface area contributed by atoms with E-state index in [9.17, 15) is 0 Å². The van der Waals surface area contributed by atoms with Crippen molar-refractivity contribution in [2.45, 2.75) is 13.0 Å². The number of nitrogens with two attached hydrogens (primary N) is 1. The molecule has 4 nitrogen and oxygen atoms in total. The van der Waals surface area contributed by atoms with Crippen molar-refractivity contribution in [3.05, 3.63) is 65.2 Å². The molecule has 0 spiro atoms. The monoisotopic (exact) mass is 267 g/mol. The molecule has 0 saturated heterocycles. The van der Waals surface area contributed by atoms with Crippen molar-refractivity contribution < 1.29 is 5.21 Å². The van der Waals surface area contributed by atoms with Crippen LogP contribution in [0.25, 0.3) is 0 Å². The number of hydrogen-bond donors (Lipinski definition) is 2. The lowest BCUT2D eigenvalue weighted by Crippen LogP contribution is -2.23. The lowest BCUT2D eigenvalue weighted by atomic mass is 10.1. The van der Waals surface area contributed by atoms with E-state index >= 15 is 0 Å². The summed E-state index contributed by atoms with van der Waals surface area (Å²) in [7, 11) is 0. The lowest BCUT2D eigenvalue weighted by molar-refractivity contribution is 0.318. The third kappa shape index (κ3) is 2.20. The van der Waals surface area contributed by atoms with Crippen LogP contribution in [0.1, 0.15) is 16.7 Å². The highest BCUT2D eigenvalue weighted by atomic mass is 16.4. The van der Waals surface area contributed by atoms with Gasteiger partial charge in [-0.1, -0.05) is 47.6 Å². The Kier molecular flexibility index (Phi) is 3.29. The second kappa shape index (κ2) is 5.25. The van der Waals surface area contributed by atoms with Gasteiger partial charge in [-0.3, -0.25) is 0 Å². The third-order valence-electron chi connectivity index (χ3n) is 3.75. The van der Waals surface area contributed by atoms with Crippen LogP contribution in [0.15, 0.2) is 53.7 Å². The first-order chi connectivity index (χ1) is 9.79. The molecule has 20 heavy (non-hydrogen) atoms. The Bertz CT molecular complexity index is 652. The van der Waals surface area contributed by atoms with E-state index in [0.29, 0.717) is 0 Å². The quantitative estimate of drug-likeness (QED) is 0.388. The topological polar surface area (TPSA) is 61.9 Å². The Hall–Kier alpha value is -2.49. The minimum atomic E-state index is 0.160. The average molecular weight is 267 g/mol. The van der Waals surface area contributed by atoms with Crippen LogP contribution in [0.5, 0.6) is 0 Å². The van der Waals surface area contributed by atoms with Crippen molar-refractivity contribution in [1.29, 1.82) is 0 Å². The highest BCUT2D eigenvalue weighted by molar-refractivity contribution is 5.98. The fourth-order valence-corrected chi connectivity index (χ4v) is 2.74. The highest BCUT2D eigenvalue weighted by Crippen LogP contribution is 2.29. The van der Waals surface area contributed by atoms with Crippen LogP contribution in [-0.4, -0.2) is 17.6 Å². The van der Waals surface area contributed by atoms with Crippen LogP contribution in [-0.2, 0) is 13.0 Å². The van der Waals surface area contributed by atoms with E-state index < -0.39 is 0 Å². The number of fused-ring (bicyclic) bond motifs is 1. The Morgan fingerprint density at radius 3 is 2.75 bits per heavy atom. The normalized spacial score (nSPS) is 14.4. The zero-order chi connectivity index (χ0) is 13.9. The van der Waals surface area contributed by atoms with E-state index in [1.54, 1.807) is 0 Å². The Labute approximate surface area is 118 Å². The van der Waals surface area contributed by atoms with E-state index in [2.05, 4.69) is 34.3 Å². The second-order valence-electron chi connectivity index (χ2n) is 4.94. The maximum Gasteiger partial charge on any atom is 0.170 e. The first kappa shape index (κ1) is 12.5. The summed E-state index contributed by atoms with van der Waals surface area (Å²) in [6.45, 7) is 1.77. The van der Waals surface area contributed by atoms with Gasteiger partial charge in [-0.15, -0.1) is 0 Å². The van der Waals surface area contributed by atoms with E-state index in [4.69, 9.17) is 10.9 Å². The molecule has 1 aliphatic heterocycles. The van der Waals surface area contributed by atoms with Gasteiger partial charge in [0.25, 0.3) is 0 Å². The van der Waals surface area contributed by atoms with Crippen LogP contribution in [0, 0.1) is 0 Å². The van der Waals surface area contributed by atoms with Crippen LogP contribution in [0.4, 0.5) is 5.69 Å². The molecular formula is C16H17N3O. The van der Waals surface area contributed by atoms with Gasteiger partial charge < -0.3 is 15.8 Å². The molecule has 0 radical (unpaired) electrons. The van der Waals surface area contributed by atoms with Crippen molar-refractivity contribution >= 4 is 11.5 Å². The standard InChI is InChI=1S/C16H17N3O/c17-16(18-20)14-7-3-1-6-13(14)11-19-10-9-12-5-2-4-8-15(12)19/h1-8,20H,9-11H2,(H2,17,18). The molecule has 0 bridgehead atoms. The fraction of sp³-hybridized carbons (Fsp3) is 0.188. The molecule has 4 heteroatoms. The van der Waals surface area contributed by atoms with Crippen LogP contribution in [0.2, 0.25) is 0 Å². The predicted molar refractivity (Wildman–Crippen MR) is 80.1 cm³/mol. The maximum absolute atomic E-state index is 8.88. The molecule has 0 saturated carbocycles. The Morgan fingerprint density at radius 1 is 1.15 bits per heavy atom. The van der Waals surface area contributed by atoms with Gasteiger partial charge in [0.2, 0.25) is 0 Å². The summed E-state index contributed by atoms with van der Waals surface area (Å²) in [6.07, 6.45) is 1.07. The van der Waals surface area contributed by atoms with E-state index in [0.717, 1.165) is 30.6 Å². The van der Waals surface area contributed by atoms with Crippen LogP contribution >= 0.6 is 0 Å². The maximum atomic E-state index is 8.88. The summed E-state index contributed by atoms with van der Waals surface area (Å²) in [5.74, 6) is 0.160. The number of nitrogens with zero attached hydrogens (tertiary/aromatic N) is 2. The van der Waals surface area contributed by atoms with E-state index in [1.165, 1.54) is 11.3 Å². The number of rotatable bonds is 3. The summed E-state index contributed by atoms with van der Waals surface area (Å²) in [6, 6.07) is 16.2. The van der Waals surface area contributed by atoms with Gasteiger partial charge in [-0.05, 0) is 23.6 Å². The van der Waals surface area contributed by atoms with Crippen molar-refractivity contribution in [1.82, 2.24) is 0 Å². The molecular weight excluding hydrogens is 250 g/mol. The summed E-state index contributed by atoms with van der Waals surface area (Å²) >= 11 is 0. The molecule has 3 rings (SSSR count). The largest absolute Gasteiger partial charge is 0.409 e. The Balaban J connectivity index is 1.90. The van der Waals surface area contributed by atoms with Gasteiger partial charge in [0.15, 0.2) is 5.84 Å². The molecule has 102 valence electrons. The second-order valence-corrected chi connectivity index (χ2v) is 4.94. The fourth-order valence-electron chi connectivity index (χ4n) is 2.74. The Morgan fingerprint density at radius 2 is 1.90 bits per heavy atom. The molecule has 0 amide bonds. The van der Waals surface area contributed by atoms with Crippen molar-refractivity contribution in [2.24, 2.45) is 10.9 Å². The van der Waals surface area contributed by atoms with Gasteiger partial charge in [0.05, 0.1) is 0 Å². The zero-order valence-electron chi connectivity index (χ0n) is 11.2. The first-order valence-electron chi connectivity index (χ1n) is 6.68. The first-order valence-corrected chi connectivity index (χ1v) is 6.68. The van der Waals surface area contributed by atoms with E-state index in [-0.39, 0.29) is 5.84 Å². The van der Waals surface area contributed by atoms with Crippen LogP contribution < -0.4 is 10.6 Å². The molecule has 1 heterocycles. The number of para-hydroxylation sites is 1. The molecule has 0 aromatic heterocycles. The summed E-state index contributed by atoms with van der Waals surface area (Å²) in [5, 5.41) is 12.0. The van der Waals surface area contributed by atoms with Crippen molar-refractivity contribution in [3.63, 3.8) is 0 Å². The SMILES string of the molecule is N/C(=N\O)c1ccccc1CN1CCc2ccccc21. The smallest absolute Gasteiger partial charge is 0.170 e. The minimum absolute atomic E-state index is 0.160. The van der Waals surface area contributed by atoms with Gasteiger partial charge in [0.1, 0.15) is 0 Å². The average Bonchev–Trinajstić information content (AvgIpc) is 2.90. The zero-order valence-corrected chi connectivity index (χ0v) is 11.2. The number of hydrogen-bond acceptors (Lipinski definition) is 3. The number of anilines is 1. The van der Waals surface area contributed by atoms with Gasteiger partial charge >= 0.3 is 0 Å². The molecule has 2 aromatic carbocycles. The molecule has 0 fully saturated rings. The summed E-state index contributed by atoms with van der Waals surface area (Å²) in [5.41, 5.74) is 10.3. The molecule has 0 atom stereocenters. The third-order valence-corrected chi connectivity index (χ3v) is 3.75. The molecule has 0 unspecified atom stereocenters. The minimum Gasteiger partial charge on any atom is -0.409 e. The van der Waals surface area contributed by atoms with Crippen LogP contribution in [0.3, 0.4) is 0 Å². The molecule has 3 N–H and O–H groups in total. The van der Waals surface area contributed by atoms with Gasteiger partial charge in [-0.25, -0.2) is 0 Å². The van der Waals surface area contributed by atoms with Crippen molar-refractivity contribution in [3.8, 4) is 0 Å².